The molecule has 0 radical (unpaired) electrons. The first kappa shape index (κ1) is 20.1. The van der Waals surface area contributed by atoms with Crippen molar-refractivity contribution >= 4 is 29.1 Å². The number of phenolic OH excluding ortho intramolecular Hbond substituents is 1. The summed E-state index contributed by atoms with van der Waals surface area (Å²) in [5, 5.41) is 9.90. The van der Waals surface area contributed by atoms with E-state index in [9.17, 15) is 19.5 Å². The van der Waals surface area contributed by atoms with Crippen molar-refractivity contribution in [2.24, 2.45) is 5.92 Å². The fourth-order valence-electron chi connectivity index (χ4n) is 3.41. The molecule has 1 aliphatic rings. The number of benzene rings is 2. The van der Waals surface area contributed by atoms with Crippen molar-refractivity contribution < 1.29 is 19.5 Å². The van der Waals surface area contributed by atoms with Crippen LogP contribution in [0, 0.1) is 5.92 Å². The van der Waals surface area contributed by atoms with Gasteiger partial charge < -0.3 is 10.0 Å². The number of phenols is 1. The second kappa shape index (κ2) is 9.02. The number of carbonyl (C=O) groups is 3. The van der Waals surface area contributed by atoms with Crippen molar-refractivity contribution in [3.63, 3.8) is 0 Å². The van der Waals surface area contributed by atoms with Gasteiger partial charge in [0.15, 0.2) is 11.6 Å². The Hall–Kier alpha value is -2.66. The Bertz CT molecular complexity index is 853. The highest BCUT2D eigenvalue weighted by Crippen LogP contribution is 2.23. The van der Waals surface area contributed by atoms with E-state index in [0.29, 0.717) is 42.1 Å². The zero-order valence-electron chi connectivity index (χ0n) is 15.4. The Morgan fingerprint density at radius 3 is 2.07 bits per heavy atom. The molecule has 6 heteroatoms. The van der Waals surface area contributed by atoms with Crippen LogP contribution in [0.1, 0.15) is 46.4 Å². The molecule has 0 saturated carbocycles. The van der Waals surface area contributed by atoms with Crippen LogP contribution in [0.3, 0.4) is 0 Å². The van der Waals surface area contributed by atoms with Crippen LogP contribution >= 0.6 is 11.6 Å². The lowest BCUT2D eigenvalue weighted by Gasteiger charge is -2.31. The predicted octanol–water partition coefficient (Wildman–Crippen LogP) is 4.13. The highest BCUT2D eigenvalue weighted by Gasteiger charge is 2.28. The second-order valence-electron chi connectivity index (χ2n) is 7.00. The highest BCUT2D eigenvalue weighted by molar-refractivity contribution is 6.30. The van der Waals surface area contributed by atoms with Gasteiger partial charge in [-0.25, -0.2) is 0 Å². The van der Waals surface area contributed by atoms with Crippen LogP contribution in [0.4, 0.5) is 0 Å². The van der Waals surface area contributed by atoms with Gasteiger partial charge >= 0.3 is 0 Å². The van der Waals surface area contributed by atoms with Gasteiger partial charge in [-0.05, 0) is 61.4 Å². The molecule has 1 N–H and O–H groups in total. The smallest absolute Gasteiger partial charge is 0.223 e. The van der Waals surface area contributed by atoms with E-state index < -0.39 is 0 Å². The van der Waals surface area contributed by atoms with Crippen molar-refractivity contribution in [3.05, 3.63) is 64.7 Å². The monoisotopic (exact) mass is 399 g/mol. The molecule has 0 aliphatic carbocycles. The van der Waals surface area contributed by atoms with Gasteiger partial charge in [-0.1, -0.05) is 11.6 Å². The number of nitrogens with zero attached hydrogens (tertiary/aromatic N) is 1. The lowest BCUT2D eigenvalue weighted by atomic mass is 9.88. The Morgan fingerprint density at radius 2 is 1.46 bits per heavy atom. The van der Waals surface area contributed by atoms with E-state index in [1.165, 1.54) is 12.1 Å². The minimum atomic E-state index is -0.121. The van der Waals surface area contributed by atoms with Gasteiger partial charge in [-0.2, -0.15) is 0 Å². The molecule has 0 bridgehead atoms. The predicted molar refractivity (Wildman–Crippen MR) is 107 cm³/mol. The first-order valence-electron chi connectivity index (χ1n) is 9.34. The molecular formula is C22H22ClNO4. The number of likely N-dealkylation sites (tertiary alicyclic amines) is 1. The second-order valence-corrected chi connectivity index (χ2v) is 7.43. The number of halogens is 1. The van der Waals surface area contributed by atoms with Gasteiger partial charge in [0.05, 0.1) is 0 Å². The summed E-state index contributed by atoms with van der Waals surface area (Å²) >= 11 is 5.82. The molecule has 0 spiro atoms. The lowest BCUT2D eigenvalue weighted by Crippen LogP contribution is -2.40. The molecule has 146 valence electrons. The normalized spacial score (nSPS) is 14.7. The maximum atomic E-state index is 12.5. The Morgan fingerprint density at radius 1 is 0.893 bits per heavy atom. The van der Waals surface area contributed by atoms with E-state index in [4.69, 9.17) is 11.6 Å². The topological polar surface area (TPSA) is 74.7 Å². The number of hydrogen-bond donors (Lipinski definition) is 1. The van der Waals surface area contributed by atoms with E-state index in [2.05, 4.69) is 0 Å². The molecule has 2 aromatic carbocycles. The summed E-state index contributed by atoms with van der Waals surface area (Å²) in [5.74, 6) is -0.0836. The first-order chi connectivity index (χ1) is 13.4. The number of amides is 1. The number of piperidine rings is 1. The molecule has 0 atom stereocenters. The fourth-order valence-corrected chi connectivity index (χ4v) is 3.54. The fraction of sp³-hybridized carbons (Fsp3) is 0.318. The van der Waals surface area contributed by atoms with E-state index in [0.717, 1.165) is 0 Å². The summed E-state index contributed by atoms with van der Waals surface area (Å²) in [6, 6.07) is 12.9. The number of carbonyl (C=O) groups excluding carboxylic acids is 3. The minimum absolute atomic E-state index is 0.0463. The standard InChI is InChI=1S/C22H22ClNO4/c23-18-5-1-15(2-6-18)20(26)9-10-21(27)24-13-11-17(12-14-24)22(28)16-3-7-19(25)8-4-16/h1-8,17,25H,9-14H2. The third kappa shape index (κ3) is 4.98. The Kier molecular flexibility index (Phi) is 6.47. The van der Waals surface area contributed by atoms with Crippen molar-refractivity contribution in [3.8, 4) is 5.75 Å². The summed E-state index contributed by atoms with van der Waals surface area (Å²) in [4.78, 5) is 38.9. The molecule has 1 heterocycles. The summed E-state index contributed by atoms with van der Waals surface area (Å²) in [5.41, 5.74) is 1.13. The number of rotatable bonds is 6. The molecule has 28 heavy (non-hydrogen) atoms. The zero-order valence-corrected chi connectivity index (χ0v) is 16.2. The molecule has 5 nitrogen and oxygen atoms in total. The van der Waals surface area contributed by atoms with Gasteiger partial charge in [-0.15, -0.1) is 0 Å². The lowest BCUT2D eigenvalue weighted by molar-refractivity contribution is -0.132. The molecule has 0 unspecified atom stereocenters. The van der Waals surface area contributed by atoms with Crippen LogP contribution in [0.15, 0.2) is 48.5 Å². The van der Waals surface area contributed by atoms with Crippen LogP contribution in [0.5, 0.6) is 5.75 Å². The molecule has 0 aromatic heterocycles. The molecule has 2 aromatic rings. The van der Waals surface area contributed by atoms with Crippen molar-refractivity contribution in [1.82, 2.24) is 4.90 Å². The van der Waals surface area contributed by atoms with Gasteiger partial charge in [0, 0.05) is 48.0 Å². The number of hydrogen-bond acceptors (Lipinski definition) is 4. The summed E-state index contributed by atoms with van der Waals surface area (Å²) in [6.07, 6.45) is 1.54. The zero-order chi connectivity index (χ0) is 20.1. The summed E-state index contributed by atoms with van der Waals surface area (Å²) in [6.45, 7) is 1.03. The van der Waals surface area contributed by atoms with Crippen LogP contribution in [0.25, 0.3) is 0 Å². The van der Waals surface area contributed by atoms with Gasteiger partial charge in [-0.3, -0.25) is 14.4 Å². The number of Topliss-reactive ketones (excluding diaryl/α,β-unsaturated/α-hetero) is 2. The van der Waals surface area contributed by atoms with E-state index in [1.807, 2.05) is 0 Å². The quantitative estimate of drug-likeness (QED) is 0.741. The van der Waals surface area contributed by atoms with Crippen molar-refractivity contribution in [2.75, 3.05) is 13.1 Å². The Balaban J connectivity index is 1.47. The van der Waals surface area contributed by atoms with E-state index in [-0.39, 0.29) is 42.0 Å². The first-order valence-corrected chi connectivity index (χ1v) is 9.71. The van der Waals surface area contributed by atoms with E-state index in [1.54, 1.807) is 41.3 Å². The van der Waals surface area contributed by atoms with Crippen LogP contribution in [-0.2, 0) is 4.79 Å². The number of aromatic hydroxyl groups is 1. The molecule has 1 saturated heterocycles. The summed E-state index contributed by atoms with van der Waals surface area (Å²) in [7, 11) is 0. The summed E-state index contributed by atoms with van der Waals surface area (Å²) < 4.78 is 0. The third-order valence-corrected chi connectivity index (χ3v) is 5.35. The molecule has 1 fully saturated rings. The molecule has 1 aliphatic heterocycles. The Labute approximate surface area is 168 Å². The van der Waals surface area contributed by atoms with Gasteiger partial charge in [0.25, 0.3) is 0 Å². The van der Waals surface area contributed by atoms with Gasteiger partial charge in [0.2, 0.25) is 5.91 Å². The largest absolute Gasteiger partial charge is 0.508 e. The highest BCUT2D eigenvalue weighted by atomic mass is 35.5. The maximum absolute atomic E-state index is 12.5. The average molecular weight is 400 g/mol. The van der Waals surface area contributed by atoms with Crippen LogP contribution in [-0.4, -0.2) is 40.6 Å². The van der Waals surface area contributed by atoms with Crippen LogP contribution in [0.2, 0.25) is 5.02 Å². The van der Waals surface area contributed by atoms with Crippen molar-refractivity contribution in [1.29, 1.82) is 0 Å². The van der Waals surface area contributed by atoms with Crippen LogP contribution < -0.4 is 0 Å². The molecule has 1 amide bonds. The van der Waals surface area contributed by atoms with Gasteiger partial charge in [0.1, 0.15) is 5.75 Å². The molecule has 3 rings (SSSR count). The maximum Gasteiger partial charge on any atom is 0.223 e. The third-order valence-electron chi connectivity index (χ3n) is 5.10. The van der Waals surface area contributed by atoms with Crippen molar-refractivity contribution in [2.45, 2.75) is 25.7 Å². The average Bonchev–Trinajstić information content (AvgIpc) is 2.72. The SMILES string of the molecule is O=C(CCC(=O)N1CCC(C(=O)c2ccc(O)cc2)CC1)c1ccc(Cl)cc1. The molecular weight excluding hydrogens is 378 g/mol. The van der Waals surface area contributed by atoms with E-state index >= 15 is 0 Å². The number of ketones is 2. The minimum Gasteiger partial charge on any atom is -0.508 e.